The standard InChI is InChI=1S/C44H33N3/c1-4-13-40(27-22-23-32-30-16-6-5-14-28(30)29-15-7-8-17-31(29)35(32)24-27)46-43(45)47-41-21-12-10-19-34(41)37-25-36-33-18-9-11-20-38(33)44(2,3)39(36)26-42(37)47/h4-26,45H,1-3H3/b13-4-,45-43?,46-40?. The number of aromatic nitrogens is 1. The first kappa shape index (κ1) is 27.5. The number of nitrogens with one attached hydrogen (secondary N) is 1. The molecule has 224 valence electrons. The summed E-state index contributed by atoms with van der Waals surface area (Å²) in [5.74, 6) is 0.195. The van der Waals surface area contributed by atoms with E-state index in [-0.39, 0.29) is 11.4 Å². The molecule has 9 rings (SSSR count). The van der Waals surface area contributed by atoms with E-state index in [0.29, 0.717) is 0 Å². The van der Waals surface area contributed by atoms with E-state index in [2.05, 4.69) is 135 Å². The molecule has 3 heteroatoms. The molecule has 0 atom stereocenters. The van der Waals surface area contributed by atoms with Crippen LogP contribution in [-0.4, -0.2) is 16.2 Å². The lowest BCUT2D eigenvalue weighted by Crippen LogP contribution is -2.15. The SMILES string of the molecule is C/C=C\C(=NC(=N)n1c2ccccc2c2cc3c(cc21)C(C)(C)c1ccccc1-3)c1ccc2c3ccccc3c3ccccc3c2c1. The summed E-state index contributed by atoms with van der Waals surface area (Å²) in [4.78, 5) is 5.07. The molecule has 3 nitrogen and oxygen atoms in total. The number of nitrogens with zero attached hydrogens (tertiary/aromatic N) is 2. The Hall–Kier alpha value is -5.80. The third kappa shape index (κ3) is 3.93. The van der Waals surface area contributed by atoms with Gasteiger partial charge in [-0.1, -0.05) is 123 Å². The molecule has 0 amide bonds. The van der Waals surface area contributed by atoms with Crippen LogP contribution in [0.5, 0.6) is 0 Å². The third-order valence-electron chi connectivity index (χ3n) is 10.2. The smallest absolute Gasteiger partial charge is 0.227 e. The maximum Gasteiger partial charge on any atom is 0.227 e. The molecule has 0 bridgehead atoms. The normalized spacial score (nSPS) is 14.1. The maximum atomic E-state index is 9.54. The van der Waals surface area contributed by atoms with E-state index < -0.39 is 0 Å². The first-order valence-electron chi connectivity index (χ1n) is 16.3. The molecule has 7 aromatic carbocycles. The van der Waals surface area contributed by atoms with Crippen LogP contribution in [0.25, 0.3) is 65.3 Å². The van der Waals surface area contributed by atoms with Crippen LogP contribution in [0.3, 0.4) is 0 Å². The van der Waals surface area contributed by atoms with E-state index in [1.165, 1.54) is 54.6 Å². The van der Waals surface area contributed by atoms with Gasteiger partial charge in [-0.2, -0.15) is 0 Å². The van der Waals surface area contributed by atoms with Gasteiger partial charge in [0.25, 0.3) is 0 Å². The zero-order chi connectivity index (χ0) is 31.9. The molecule has 0 saturated heterocycles. The fourth-order valence-corrected chi connectivity index (χ4v) is 7.98. The molecule has 0 spiro atoms. The zero-order valence-electron chi connectivity index (χ0n) is 26.7. The fraction of sp³-hybridized carbons (Fsp3) is 0.0909. The Morgan fingerprint density at radius 3 is 1.87 bits per heavy atom. The predicted molar refractivity (Wildman–Crippen MR) is 200 cm³/mol. The number of para-hydroxylation sites is 1. The molecule has 1 N–H and O–H groups in total. The number of hydrogen-bond donors (Lipinski definition) is 1. The number of benzene rings is 7. The van der Waals surface area contributed by atoms with Crippen molar-refractivity contribution in [1.82, 2.24) is 4.57 Å². The van der Waals surface area contributed by atoms with Crippen molar-refractivity contribution in [3.05, 3.63) is 156 Å². The average molecular weight is 604 g/mol. The van der Waals surface area contributed by atoms with Crippen LogP contribution in [0, 0.1) is 5.41 Å². The first-order valence-corrected chi connectivity index (χ1v) is 16.3. The average Bonchev–Trinajstić information content (AvgIpc) is 3.55. The topological polar surface area (TPSA) is 41.1 Å². The Morgan fingerprint density at radius 1 is 0.574 bits per heavy atom. The summed E-state index contributed by atoms with van der Waals surface area (Å²) in [6.45, 7) is 6.61. The van der Waals surface area contributed by atoms with Crippen LogP contribution in [0.2, 0.25) is 0 Å². The van der Waals surface area contributed by atoms with Crippen molar-refractivity contribution in [2.45, 2.75) is 26.2 Å². The summed E-state index contributed by atoms with van der Waals surface area (Å²) in [6, 6.07) is 45.7. The van der Waals surface area contributed by atoms with E-state index in [1.807, 2.05) is 29.7 Å². The summed E-state index contributed by atoms with van der Waals surface area (Å²) >= 11 is 0. The third-order valence-corrected chi connectivity index (χ3v) is 10.2. The minimum atomic E-state index is -0.138. The number of aliphatic imine (C=N–C) groups is 1. The highest BCUT2D eigenvalue weighted by atomic mass is 15.1. The Bertz CT molecular complexity index is 2650. The van der Waals surface area contributed by atoms with Crippen LogP contribution >= 0.6 is 0 Å². The summed E-state index contributed by atoms with van der Waals surface area (Å²) < 4.78 is 2.03. The van der Waals surface area contributed by atoms with E-state index in [9.17, 15) is 5.41 Å². The van der Waals surface area contributed by atoms with E-state index in [1.54, 1.807) is 0 Å². The molecule has 0 fully saturated rings. The van der Waals surface area contributed by atoms with Gasteiger partial charge in [0.2, 0.25) is 5.96 Å². The highest BCUT2D eigenvalue weighted by Crippen LogP contribution is 2.50. The molecule has 0 saturated carbocycles. The van der Waals surface area contributed by atoms with Gasteiger partial charge < -0.3 is 0 Å². The number of allylic oxidation sites excluding steroid dienone is 2. The molecule has 0 unspecified atom stereocenters. The van der Waals surface area contributed by atoms with Crippen molar-refractivity contribution in [2.75, 3.05) is 0 Å². The molecule has 47 heavy (non-hydrogen) atoms. The largest absolute Gasteiger partial charge is 0.278 e. The minimum Gasteiger partial charge on any atom is -0.278 e. The molecular formula is C44H33N3. The van der Waals surface area contributed by atoms with Gasteiger partial charge in [-0.3, -0.25) is 9.98 Å². The van der Waals surface area contributed by atoms with Gasteiger partial charge in [0.1, 0.15) is 0 Å². The second-order valence-corrected chi connectivity index (χ2v) is 13.1. The van der Waals surface area contributed by atoms with Crippen molar-refractivity contribution in [3.8, 4) is 11.1 Å². The monoisotopic (exact) mass is 603 g/mol. The minimum absolute atomic E-state index is 0.138. The Kier molecular flexibility index (Phi) is 5.91. The van der Waals surface area contributed by atoms with Crippen molar-refractivity contribution in [1.29, 1.82) is 5.41 Å². The molecule has 8 aromatic rings. The number of hydrogen-bond acceptors (Lipinski definition) is 1. The van der Waals surface area contributed by atoms with Crippen LogP contribution in [0.4, 0.5) is 0 Å². The Labute approximate surface area is 273 Å². The summed E-state index contributed by atoms with van der Waals surface area (Å²) in [7, 11) is 0. The van der Waals surface area contributed by atoms with Crippen molar-refractivity contribution in [2.24, 2.45) is 4.99 Å². The first-order chi connectivity index (χ1) is 23.0. The van der Waals surface area contributed by atoms with Gasteiger partial charge in [0, 0.05) is 21.8 Å². The lowest BCUT2D eigenvalue weighted by Gasteiger charge is -2.21. The van der Waals surface area contributed by atoms with Crippen LogP contribution in [0.15, 0.2) is 145 Å². The molecule has 0 aliphatic heterocycles. The lowest BCUT2D eigenvalue weighted by atomic mass is 9.82. The van der Waals surface area contributed by atoms with Crippen LogP contribution in [-0.2, 0) is 5.41 Å². The van der Waals surface area contributed by atoms with Gasteiger partial charge >= 0.3 is 0 Å². The molecule has 1 heterocycles. The number of fused-ring (bicyclic) bond motifs is 12. The molecule has 1 aliphatic rings. The highest BCUT2D eigenvalue weighted by molar-refractivity contribution is 6.27. The summed E-state index contributed by atoms with van der Waals surface area (Å²) in [5, 5.41) is 19.2. The van der Waals surface area contributed by atoms with E-state index >= 15 is 0 Å². The molecule has 1 aromatic heterocycles. The summed E-state index contributed by atoms with van der Waals surface area (Å²) in [6.07, 6.45) is 4.03. The summed E-state index contributed by atoms with van der Waals surface area (Å²) in [5.41, 5.74) is 8.81. The van der Waals surface area contributed by atoms with Crippen LogP contribution in [0.1, 0.15) is 37.5 Å². The van der Waals surface area contributed by atoms with Crippen molar-refractivity contribution < 1.29 is 0 Å². The van der Waals surface area contributed by atoms with Gasteiger partial charge in [0.05, 0.1) is 16.7 Å². The van der Waals surface area contributed by atoms with Gasteiger partial charge in [-0.05, 0) is 91.8 Å². The predicted octanol–water partition coefficient (Wildman–Crippen LogP) is 11.4. The van der Waals surface area contributed by atoms with Crippen molar-refractivity contribution in [3.63, 3.8) is 0 Å². The fourth-order valence-electron chi connectivity index (χ4n) is 7.98. The van der Waals surface area contributed by atoms with Gasteiger partial charge in [-0.15, -0.1) is 0 Å². The molecule has 1 aliphatic carbocycles. The van der Waals surface area contributed by atoms with E-state index in [0.717, 1.165) is 33.1 Å². The second-order valence-electron chi connectivity index (χ2n) is 13.1. The van der Waals surface area contributed by atoms with E-state index in [4.69, 9.17) is 4.99 Å². The van der Waals surface area contributed by atoms with Crippen molar-refractivity contribution >= 4 is 65.8 Å². The van der Waals surface area contributed by atoms with Crippen LogP contribution < -0.4 is 0 Å². The lowest BCUT2D eigenvalue weighted by molar-refractivity contribution is 0.661. The molecular weight excluding hydrogens is 571 g/mol. The second kappa shape index (κ2) is 10.1. The quantitative estimate of drug-likeness (QED) is 0.116. The Balaban J connectivity index is 1.25. The Morgan fingerprint density at radius 2 is 1.17 bits per heavy atom. The zero-order valence-corrected chi connectivity index (χ0v) is 26.7. The van der Waals surface area contributed by atoms with Gasteiger partial charge in [-0.25, -0.2) is 4.99 Å². The highest BCUT2D eigenvalue weighted by Gasteiger charge is 2.36. The maximum absolute atomic E-state index is 9.54. The number of rotatable bonds is 2. The molecule has 0 radical (unpaired) electrons. The van der Waals surface area contributed by atoms with Gasteiger partial charge in [0.15, 0.2) is 0 Å².